The Bertz CT molecular complexity index is 122. The first-order valence-electron chi connectivity index (χ1n) is 6.57. The molecule has 0 nitrogen and oxygen atoms in total. The Labute approximate surface area is 116 Å². The zero-order chi connectivity index (χ0) is 10.1. The minimum absolute atomic E-state index is 0. The van der Waals surface area contributed by atoms with Crippen LogP contribution in [0.15, 0.2) is 0 Å². The Balaban J connectivity index is 0.00000196. The molecule has 2 heteroatoms. The van der Waals surface area contributed by atoms with Crippen molar-refractivity contribution in [3.8, 4) is 0 Å². The summed E-state index contributed by atoms with van der Waals surface area (Å²) in [5.41, 5.74) is 0. The highest BCUT2D eigenvalue weighted by Gasteiger charge is 2.22. The minimum Gasteiger partial charge on any atom is -1.00 e. The van der Waals surface area contributed by atoms with Gasteiger partial charge in [0.2, 0.25) is 0 Å². The van der Waals surface area contributed by atoms with E-state index in [9.17, 15) is 0 Å². The zero-order valence-corrected chi connectivity index (χ0v) is 13.2. The van der Waals surface area contributed by atoms with Crippen molar-refractivity contribution in [2.75, 3.05) is 17.3 Å². The number of rotatable bonds is 8. The molecule has 0 N–H and O–H groups in total. The van der Waals surface area contributed by atoms with Crippen LogP contribution in [-0.2, 0) is 10.9 Å². The molecule has 15 heavy (non-hydrogen) atoms. The number of hydrogen-bond donors (Lipinski definition) is 0. The van der Waals surface area contributed by atoms with Gasteiger partial charge in [0.25, 0.3) is 0 Å². The minimum atomic E-state index is 0. The van der Waals surface area contributed by atoms with Crippen molar-refractivity contribution >= 4 is 10.9 Å². The molecule has 1 aliphatic rings. The highest BCUT2D eigenvalue weighted by atomic mass is 127. The summed E-state index contributed by atoms with van der Waals surface area (Å²) < 4.78 is 0. The van der Waals surface area contributed by atoms with Crippen LogP contribution in [0.5, 0.6) is 0 Å². The van der Waals surface area contributed by atoms with Gasteiger partial charge in [-0.05, 0) is 36.6 Å². The summed E-state index contributed by atoms with van der Waals surface area (Å²) in [4.78, 5) is 0. The molecule has 0 saturated carbocycles. The Hall–Kier alpha value is 1.08. The second kappa shape index (κ2) is 11.6. The summed E-state index contributed by atoms with van der Waals surface area (Å²) in [6, 6.07) is 0. The van der Waals surface area contributed by atoms with E-state index in [1.807, 2.05) is 0 Å². The van der Waals surface area contributed by atoms with Crippen LogP contribution in [0, 0.1) is 0 Å². The van der Waals surface area contributed by atoms with Crippen LogP contribution < -0.4 is 24.0 Å². The molecule has 0 amide bonds. The van der Waals surface area contributed by atoms with E-state index >= 15 is 0 Å². The van der Waals surface area contributed by atoms with E-state index in [-0.39, 0.29) is 24.0 Å². The molecular weight excluding hydrogens is 315 g/mol. The lowest BCUT2D eigenvalue weighted by molar-refractivity contribution is -0.00000310. The summed E-state index contributed by atoms with van der Waals surface area (Å²) in [5, 5.41) is 0. The van der Waals surface area contributed by atoms with E-state index in [1.165, 1.54) is 57.8 Å². The third-order valence-electron chi connectivity index (χ3n) is 3.15. The summed E-state index contributed by atoms with van der Waals surface area (Å²) in [5.74, 6) is 4.69. The topological polar surface area (TPSA) is 0 Å². The molecule has 1 saturated heterocycles. The fourth-order valence-corrected chi connectivity index (χ4v) is 4.63. The molecule has 0 unspecified atom stereocenters. The van der Waals surface area contributed by atoms with E-state index in [2.05, 4.69) is 6.92 Å². The van der Waals surface area contributed by atoms with Gasteiger partial charge in [-0.15, -0.1) is 0 Å². The second-order valence-corrected chi connectivity index (χ2v) is 7.00. The first kappa shape index (κ1) is 16.1. The van der Waals surface area contributed by atoms with E-state index in [4.69, 9.17) is 0 Å². The third kappa shape index (κ3) is 8.84. The predicted octanol–water partition coefficient (Wildman–Crippen LogP) is 1.15. The van der Waals surface area contributed by atoms with Gasteiger partial charge in [0.1, 0.15) is 17.3 Å². The van der Waals surface area contributed by atoms with Gasteiger partial charge in [0.15, 0.2) is 0 Å². The van der Waals surface area contributed by atoms with Gasteiger partial charge >= 0.3 is 0 Å². The number of hydrogen-bond acceptors (Lipinski definition) is 0. The lowest BCUT2D eigenvalue weighted by Crippen LogP contribution is -3.00. The standard InChI is InChI=1S/C13H27S.HI/c1-2-3-4-5-6-7-8-11-14-12-9-10-13-14;/h2-13H2,1H3;1H/q+1;/p-1. The smallest absolute Gasteiger partial charge is 0.108 e. The summed E-state index contributed by atoms with van der Waals surface area (Å²) >= 11 is 0. The van der Waals surface area contributed by atoms with Crippen LogP contribution in [0.1, 0.15) is 64.7 Å². The van der Waals surface area contributed by atoms with Crippen molar-refractivity contribution in [1.29, 1.82) is 0 Å². The maximum Gasteiger partial charge on any atom is 0.108 e. The normalized spacial score (nSPS) is 16.6. The summed E-state index contributed by atoms with van der Waals surface area (Å²) in [6.07, 6.45) is 13.4. The summed E-state index contributed by atoms with van der Waals surface area (Å²) in [7, 11) is 0.864. The van der Waals surface area contributed by atoms with E-state index < -0.39 is 0 Å². The van der Waals surface area contributed by atoms with Crippen molar-refractivity contribution < 1.29 is 24.0 Å². The molecular formula is C13H27IS. The molecule has 1 aliphatic heterocycles. The molecule has 0 radical (unpaired) electrons. The Morgan fingerprint density at radius 2 is 1.33 bits per heavy atom. The maximum atomic E-state index is 2.29. The van der Waals surface area contributed by atoms with Gasteiger partial charge in [0, 0.05) is 0 Å². The van der Waals surface area contributed by atoms with Crippen LogP contribution >= 0.6 is 0 Å². The van der Waals surface area contributed by atoms with Crippen LogP contribution in [-0.4, -0.2) is 17.3 Å². The van der Waals surface area contributed by atoms with Crippen LogP contribution in [0.2, 0.25) is 0 Å². The predicted molar refractivity (Wildman–Crippen MR) is 69.2 cm³/mol. The average molecular weight is 342 g/mol. The van der Waals surface area contributed by atoms with Gasteiger partial charge < -0.3 is 24.0 Å². The van der Waals surface area contributed by atoms with Crippen molar-refractivity contribution in [3.63, 3.8) is 0 Å². The molecule has 0 aromatic heterocycles. The van der Waals surface area contributed by atoms with Gasteiger partial charge in [-0.1, -0.05) is 39.0 Å². The molecule has 92 valence electrons. The Morgan fingerprint density at radius 1 is 0.800 bits per heavy atom. The van der Waals surface area contributed by atoms with Crippen molar-refractivity contribution in [1.82, 2.24) is 0 Å². The fraction of sp³-hybridized carbons (Fsp3) is 1.00. The molecule has 0 atom stereocenters. The highest BCUT2D eigenvalue weighted by Crippen LogP contribution is 2.16. The summed E-state index contributed by atoms with van der Waals surface area (Å²) in [6.45, 7) is 2.29. The molecule has 0 aromatic rings. The average Bonchev–Trinajstić information content (AvgIpc) is 2.69. The third-order valence-corrected chi connectivity index (χ3v) is 5.75. The molecule has 0 aromatic carbocycles. The quantitative estimate of drug-likeness (QED) is 0.353. The fourth-order valence-electron chi connectivity index (χ4n) is 2.18. The van der Waals surface area contributed by atoms with E-state index in [0.29, 0.717) is 0 Å². The zero-order valence-electron chi connectivity index (χ0n) is 10.3. The van der Waals surface area contributed by atoms with Gasteiger partial charge in [-0.3, -0.25) is 0 Å². The Kier molecular flexibility index (Phi) is 12.4. The number of halogens is 1. The first-order chi connectivity index (χ1) is 6.93. The van der Waals surface area contributed by atoms with Gasteiger partial charge in [-0.2, -0.15) is 0 Å². The van der Waals surface area contributed by atoms with Crippen LogP contribution in [0.4, 0.5) is 0 Å². The highest BCUT2D eigenvalue weighted by molar-refractivity contribution is 7.97. The monoisotopic (exact) mass is 342 g/mol. The molecule has 0 spiro atoms. The maximum absolute atomic E-state index is 2.29. The van der Waals surface area contributed by atoms with Crippen molar-refractivity contribution in [2.45, 2.75) is 64.7 Å². The van der Waals surface area contributed by atoms with E-state index in [0.717, 1.165) is 10.9 Å². The first-order valence-corrected chi connectivity index (χ1v) is 8.31. The Morgan fingerprint density at radius 3 is 1.93 bits per heavy atom. The lowest BCUT2D eigenvalue weighted by Gasteiger charge is -2.01. The molecule has 1 heterocycles. The van der Waals surface area contributed by atoms with Crippen molar-refractivity contribution in [3.05, 3.63) is 0 Å². The molecule has 0 aliphatic carbocycles. The largest absolute Gasteiger partial charge is 1.00 e. The molecule has 1 rings (SSSR count). The van der Waals surface area contributed by atoms with Gasteiger partial charge in [-0.25, -0.2) is 0 Å². The van der Waals surface area contributed by atoms with Crippen LogP contribution in [0.25, 0.3) is 0 Å². The molecule has 0 bridgehead atoms. The van der Waals surface area contributed by atoms with Gasteiger partial charge in [0.05, 0.1) is 0 Å². The molecule has 1 fully saturated rings. The lowest BCUT2D eigenvalue weighted by atomic mass is 10.1. The van der Waals surface area contributed by atoms with E-state index in [1.54, 1.807) is 17.3 Å². The van der Waals surface area contributed by atoms with Crippen molar-refractivity contribution in [2.24, 2.45) is 0 Å². The number of unbranched alkanes of at least 4 members (excludes halogenated alkanes) is 6. The second-order valence-electron chi connectivity index (χ2n) is 4.55. The SMILES string of the molecule is CCCCCCCCC[S+]1CCCC1.[I-]. The van der Waals surface area contributed by atoms with Crippen LogP contribution in [0.3, 0.4) is 0 Å².